The molecule has 1 heterocycles. The van der Waals surface area contributed by atoms with E-state index in [-0.39, 0.29) is 32.0 Å². The maximum atomic E-state index is 11.7. The summed E-state index contributed by atoms with van der Waals surface area (Å²) in [7, 11) is 0. The molecule has 0 spiro atoms. The molecule has 0 bridgehead atoms. The molecule has 0 atom stereocenters. The van der Waals surface area contributed by atoms with Gasteiger partial charge in [0.1, 0.15) is 18.8 Å². The van der Waals surface area contributed by atoms with Gasteiger partial charge in [0.15, 0.2) is 0 Å². The van der Waals surface area contributed by atoms with E-state index in [4.69, 9.17) is 10.2 Å². The van der Waals surface area contributed by atoms with Crippen LogP contribution in [0, 0.1) is 6.92 Å². The van der Waals surface area contributed by atoms with Crippen molar-refractivity contribution in [3.05, 3.63) is 28.4 Å². The van der Waals surface area contributed by atoms with Crippen LogP contribution < -0.4 is 10.3 Å². The molecule has 5 heteroatoms. The molecule has 0 saturated heterocycles. The highest BCUT2D eigenvalue weighted by molar-refractivity contribution is 4.88. The summed E-state index contributed by atoms with van der Waals surface area (Å²) < 4.78 is 2.90. The van der Waals surface area contributed by atoms with Gasteiger partial charge in [0.2, 0.25) is 0 Å². The van der Waals surface area contributed by atoms with Crippen molar-refractivity contribution in [2.75, 3.05) is 13.2 Å². The fraction of sp³-hybridized carbons (Fsp3) is 0.556. The molecule has 0 aliphatic rings. The molecule has 0 unspecified atom stereocenters. The van der Waals surface area contributed by atoms with Gasteiger partial charge in [-0.1, -0.05) is 0 Å². The lowest BCUT2D eigenvalue weighted by molar-refractivity contribution is -0.722. The number of nitrogens with zero attached hydrogens (tertiary/aromatic N) is 2. The SMILES string of the molecule is Cc1ccn(CCO)c(=O)[n+]1CCO. The van der Waals surface area contributed by atoms with Gasteiger partial charge in [-0.05, 0) is 6.92 Å². The molecule has 0 aliphatic heterocycles. The van der Waals surface area contributed by atoms with E-state index in [1.54, 1.807) is 19.2 Å². The Bertz CT molecular complexity index is 360. The molecule has 14 heavy (non-hydrogen) atoms. The molecule has 5 nitrogen and oxygen atoms in total. The molecule has 0 fully saturated rings. The van der Waals surface area contributed by atoms with Gasteiger partial charge in [0.05, 0.1) is 19.4 Å². The number of aryl methyl sites for hydroxylation is 1. The molecule has 0 saturated carbocycles. The standard InChI is InChI=1S/C9H15N2O3/c1-8-2-3-10(4-6-12)9(14)11(8)5-7-13/h2-3,12-13H,4-7H2,1H3/q+1. The quantitative estimate of drug-likeness (QED) is 0.576. The van der Waals surface area contributed by atoms with Crippen molar-refractivity contribution < 1.29 is 14.8 Å². The third kappa shape index (κ3) is 2.18. The Labute approximate surface area is 81.9 Å². The van der Waals surface area contributed by atoms with Gasteiger partial charge >= 0.3 is 5.69 Å². The first-order valence-electron chi connectivity index (χ1n) is 4.52. The van der Waals surface area contributed by atoms with Gasteiger partial charge in [-0.2, -0.15) is 13.9 Å². The Morgan fingerprint density at radius 2 is 2.14 bits per heavy atom. The van der Waals surface area contributed by atoms with E-state index in [0.717, 1.165) is 5.69 Å². The summed E-state index contributed by atoms with van der Waals surface area (Å²) in [6.07, 6.45) is 1.64. The van der Waals surface area contributed by atoms with Gasteiger partial charge in [-0.15, -0.1) is 0 Å². The molecule has 78 valence electrons. The van der Waals surface area contributed by atoms with Crippen molar-refractivity contribution >= 4 is 0 Å². The summed E-state index contributed by atoms with van der Waals surface area (Å²) in [6.45, 7) is 2.24. The topological polar surface area (TPSA) is 66.3 Å². The van der Waals surface area contributed by atoms with Crippen LogP contribution in [-0.2, 0) is 13.1 Å². The normalized spacial score (nSPS) is 10.5. The minimum absolute atomic E-state index is 0.0656. The Balaban J connectivity index is 3.12. The van der Waals surface area contributed by atoms with E-state index >= 15 is 0 Å². The average Bonchev–Trinajstić information content (AvgIpc) is 2.17. The van der Waals surface area contributed by atoms with E-state index in [0.29, 0.717) is 0 Å². The van der Waals surface area contributed by atoms with Crippen molar-refractivity contribution in [1.29, 1.82) is 0 Å². The average molecular weight is 199 g/mol. The molecular weight excluding hydrogens is 184 g/mol. The van der Waals surface area contributed by atoms with Gasteiger partial charge in [-0.3, -0.25) is 0 Å². The van der Waals surface area contributed by atoms with Crippen LogP contribution >= 0.6 is 0 Å². The monoisotopic (exact) mass is 199 g/mol. The Kier molecular flexibility index (Phi) is 3.79. The Hall–Kier alpha value is -1.20. The van der Waals surface area contributed by atoms with E-state index < -0.39 is 0 Å². The lowest BCUT2D eigenvalue weighted by Crippen LogP contribution is -2.57. The highest BCUT2D eigenvalue weighted by atomic mass is 16.3. The first-order chi connectivity index (χ1) is 6.70. The smallest absolute Gasteiger partial charge is 0.392 e. The molecule has 1 rings (SSSR count). The zero-order valence-electron chi connectivity index (χ0n) is 8.18. The molecule has 0 aliphatic carbocycles. The van der Waals surface area contributed by atoms with Crippen LogP contribution in [0.1, 0.15) is 5.69 Å². The Morgan fingerprint density at radius 3 is 2.71 bits per heavy atom. The van der Waals surface area contributed by atoms with Crippen molar-refractivity contribution in [1.82, 2.24) is 4.57 Å². The maximum Gasteiger partial charge on any atom is 0.498 e. The minimum Gasteiger partial charge on any atom is -0.392 e. The number of hydrogen-bond acceptors (Lipinski definition) is 3. The van der Waals surface area contributed by atoms with Gasteiger partial charge in [-0.25, -0.2) is 0 Å². The van der Waals surface area contributed by atoms with E-state index in [2.05, 4.69) is 0 Å². The van der Waals surface area contributed by atoms with Crippen LogP contribution in [0.2, 0.25) is 0 Å². The minimum atomic E-state index is -0.201. The van der Waals surface area contributed by atoms with Crippen LogP contribution in [0.5, 0.6) is 0 Å². The largest absolute Gasteiger partial charge is 0.498 e. The van der Waals surface area contributed by atoms with Crippen LogP contribution in [0.15, 0.2) is 17.1 Å². The predicted molar refractivity (Wildman–Crippen MR) is 49.8 cm³/mol. The summed E-state index contributed by atoms with van der Waals surface area (Å²) in [5, 5.41) is 17.5. The summed E-state index contributed by atoms with van der Waals surface area (Å²) in [5.41, 5.74) is 0.603. The summed E-state index contributed by atoms with van der Waals surface area (Å²) in [5.74, 6) is 0. The maximum absolute atomic E-state index is 11.7. The number of rotatable bonds is 4. The van der Waals surface area contributed by atoms with E-state index in [1.807, 2.05) is 0 Å². The van der Waals surface area contributed by atoms with Crippen molar-refractivity contribution in [2.45, 2.75) is 20.0 Å². The van der Waals surface area contributed by atoms with Crippen LogP contribution in [0.25, 0.3) is 0 Å². The number of aromatic nitrogens is 2. The van der Waals surface area contributed by atoms with Gasteiger partial charge < -0.3 is 10.2 Å². The van der Waals surface area contributed by atoms with Gasteiger partial charge in [0.25, 0.3) is 0 Å². The molecule has 2 N–H and O–H groups in total. The van der Waals surface area contributed by atoms with Crippen molar-refractivity contribution in [3.63, 3.8) is 0 Å². The summed E-state index contributed by atoms with van der Waals surface area (Å²) in [6, 6.07) is 1.78. The zero-order valence-corrected chi connectivity index (χ0v) is 8.18. The second-order valence-electron chi connectivity index (χ2n) is 3.03. The molecule has 0 aromatic carbocycles. The fourth-order valence-electron chi connectivity index (χ4n) is 1.31. The molecule has 0 radical (unpaired) electrons. The van der Waals surface area contributed by atoms with E-state index in [9.17, 15) is 4.79 Å². The van der Waals surface area contributed by atoms with Crippen molar-refractivity contribution in [2.24, 2.45) is 0 Å². The highest BCUT2D eigenvalue weighted by Gasteiger charge is 2.11. The molecular formula is C9H15N2O3+. The second-order valence-corrected chi connectivity index (χ2v) is 3.03. The number of aliphatic hydroxyl groups excluding tert-OH is 2. The summed E-state index contributed by atoms with van der Waals surface area (Å²) in [4.78, 5) is 11.7. The zero-order chi connectivity index (χ0) is 10.6. The third-order valence-electron chi connectivity index (χ3n) is 2.06. The van der Waals surface area contributed by atoms with Gasteiger partial charge in [0, 0.05) is 6.07 Å². The first kappa shape index (κ1) is 10.9. The third-order valence-corrected chi connectivity index (χ3v) is 2.06. The predicted octanol–water partition coefficient (Wildman–Crippen LogP) is -1.57. The second kappa shape index (κ2) is 4.88. The van der Waals surface area contributed by atoms with Crippen LogP contribution in [0.3, 0.4) is 0 Å². The fourth-order valence-corrected chi connectivity index (χ4v) is 1.31. The first-order valence-corrected chi connectivity index (χ1v) is 4.52. The summed E-state index contributed by atoms with van der Waals surface area (Å²) >= 11 is 0. The molecule has 0 amide bonds. The molecule has 1 aromatic heterocycles. The van der Waals surface area contributed by atoms with Crippen molar-refractivity contribution in [3.8, 4) is 0 Å². The number of hydrogen-bond donors (Lipinski definition) is 2. The Morgan fingerprint density at radius 1 is 1.43 bits per heavy atom. The lowest BCUT2D eigenvalue weighted by Gasteiger charge is -2.03. The lowest BCUT2D eigenvalue weighted by atomic mass is 10.4. The number of aliphatic hydroxyl groups is 2. The van der Waals surface area contributed by atoms with Crippen LogP contribution in [0.4, 0.5) is 0 Å². The molecule has 1 aromatic rings. The van der Waals surface area contributed by atoms with E-state index in [1.165, 1.54) is 9.13 Å². The van der Waals surface area contributed by atoms with Crippen LogP contribution in [-0.4, -0.2) is 28.0 Å². The highest BCUT2D eigenvalue weighted by Crippen LogP contribution is 1.85.